The molecule has 3 saturated heterocycles. The first-order valence-corrected chi connectivity index (χ1v) is 9.46. The van der Waals surface area contributed by atoms with Crippen LogP contribution in [0.25, 0.3) is 10.2 Å². The highest BCUT2D eigenvalue weighted by molar-refractivity contribution is 7.80. The normalized spacial score (nSPS) is 32.0. The maximum absolute atomic E-state index is 11.0. The summed E-state index contributed by atoms with van der Waals surface area (Å²) in [5.41, 5.74) is 0.170. The minimum atomic E-state index is -0.787. The van der Waals surface area contributed by atoms with Crippen molar-refractivity contribution in [1.82, 2.24) is 10.3 Å². The molecule has 24 heavy (non-hydrogen) atoms. The Morgan fingerprint density at radius 1 is 1.42 bits per heavy atom. The Bertz CT molecular complexity index is 741. The molecule has 3 fully saturated rings. The summed E-state index contributed by atoms with van der Waals surface area (Å²) >= 11 is 6.93. The highest BCUT2D eigenvalue weighted by Crippen LogP contribution is 2.38. The van der Waals surface area contributed by atoms with Crippen LogP contribution in [0.2, 0.25) is 0 Å². The molecule has 3 radical (unpaired) electrons. The van der Waals surface area contributed by atoms with Crippen molar-refractivity contribution < 1.29 is 9.50 Å². The third-order valence-corrected chi connectivity index (χ3v) is 6.46. The number of nitrogens with one attached hydrogen (secondary N) is 2. The summed E-state index contributed by atoms with van der Waals surface area (Å²) in [4.78, 5) is 4.51. The molecule has 1 aromatic carbocycles. The fraction of sp³-hybridized carbons (Fsp3) is 0.500. The number of aromatic nitrogens is 1. The van der Waals surface area contributed by atoms with Crippen LogP contribution in [-0.4, -0.2) is 59.4 Å². The van der Waals surface area contributed by atoms with Crippen LogP contribution < -0.4 is 10.6 Å². The largest absolute Gasteiger partial charge is 0.586 e. The highest BCUT2D eigenvalue weighted by atomic mass is 32.1. The van der Waals surface area contributed by atoms with Crippen molar-refractivity contribution in [2.45, 2.75) is 18.4 Å². The Morgan fingerprint density at radius 3 is 2.88 bits per heavy atom. The fourth-order valence-electron chi connectivity index (χ4n) is 3.95. The standard InChI is InChI=1S/C16H19BN4OS2/c17-21-7-5-11(6-8-21)16(22,10-21)9-18-14(23)20-15-19-12-3-1-2-4-13(12)24-15/h1-4,11,22H,5-10H2,(H-,18,19,20,23)/q-1/p+1. The van der Waals surface area contributed by atoms with Gasteiger partial charge in [-0.2, -0.15) is 0 Å². The topological polar surface area (TPSA) is 57.2 Å². The lowest BCUT2D eigenvalue weighted by atomic mass is 9.72. The lowest BCUT2D eigenvalue weighted by molar-refractivity contribution is -0.846. The van der Waals surface area contributed by atoms with Crippen molar-refractivity contribution >= 4 is 52.0 Å². The van der Waals surface area contributed by atoms with Crippen molar-refractivity contribution in [2.75, 3.05) is 31.5 Å². The Morgan fingerprint density at radius 2 is 2.17 bits per heavy atom. The van der Waals surface area contributed by atoms with Gasteiger partial charge >= 0.3 is 0 Å². The summed E-state index contributed by atoms with van der Waals surface area (Å²) in [5, 5.41) is 18.5. The zero-order valence-electron chi connectivity index (χ0n) is 13.4. The predicted octanol–water partition coefficient (Wildman–Crippen LogP) is 1.64. The Labute approximate surface area is 152 Å². The summed E-state index contributed by atoms with van der Waals surface area (Å²) in [7, 11) is 6.34. The van der Waals surface area contributed by atoms with Crippen LogP contribution in [0.15, 0.2) is 24.3 Å². The van der Waals surface area contributed by atoms with Gasteiger partial charge in [0.25, 0.3) is 0 Å². The van der Waals surface area contributed by atoms with E-state index in [1.54, 1.807) is 11.3 Å². The van der Waals surface area contributed by atoms with Crippen LogP contribution in [0.3, 0.4) is 0 Å². The molecule has 4 heterocycles. The molecule has 3 N–H and O–H groups in total. The molecule has 1 unspecified atom stereocenters. The van der Waals surface area contributed by atoms with E-state index in [4.69, 9.17) is 20.2 Å². The van der Waals surface area contributed by atoms with E-state index in [1.807, 2.05) is 24.3 Å². The van der Waals surface area contributed by atoms with Gasteiger partial charge in [0, 0.05) is 19.0 Å². The number of benzene rings is 1. The number of hydrogen-bond donors (Lipinski definition) is 3. The SMILES string of the molecule is [B-][N+]12CCC(CC1)C(O)(CNC(=S)Nc1nc3ccccc3s1)C2. The number of rotatable bonds is 3. The first-order chi connectivity index (χ1) is 11.5. The van der Waals surface area contributed by atoms with E-state index in [2.05, 4.69) is 15.6 Å². The number of hydrogen-bond acceptors (Lipinski definition) is 4. The van der Waals surface area contributed by atoms with Crippen LogP contribution in [0.4, 0.5) is 5.13 Å². The number of aliphatic hydroxyl groups is 1. The summed E-state index contributed by atoms with van der Waals surface area (Å²) in [5.74, 6) is 0.304. The van der Waals surface area contributed by atoms with Crippen LogP contribution in [0.5, 0.6) is 0 Å². The van der Waals surface area contributed by atoms with Crippen molar-refractivity contribution in [1.29, 1.82) is 0 Å². The summed E-state index contributed by atoms with van der Waals surface area (Å²) < 4.78 is 1.60. The van der Waals surface area contributed by atoms with Crippen LogP contribution in [0, 0.1) is 5.92 Å². The molecular weight excluding hydrogens is 339 g/mol. The van der Waals surface area contributed by atoms with E-state index in [0.29, 0.717) is 28.5 Å². The van der Waals surface area contributed by atoms with Gasteiger partial charge < -0.3 is 20.1 Å². The zero-order valence-corrected chi connectivity index (χ0v) is 15.0. The fourth-order valence-corrected chi connectivity index (χ4v) is 5.06. The van der Waals surface area contributed by atoms with Gasteiger partial charge in [-0.15, -0.1) is 0 Å². The average molecular weight is 359 g/mol. The summed E-state index contributed by atoms with van der Waals surface area (Å²) in [6.07, 6.45) is 1.96. The van der Waals surface area contributed by atoms with E-state index in [-0.39, 0.29) is 0 Å². The van der Waals surface area contributed by atoms with Crippen LogP contribution in [-0.2, 0) is 0 Å². The minimum absolute atomic E-state index is 0.304. The highest BCUT2D eigenvalue weighted by Gasteiger charge is 2.48. The molecule has 3 aliphatic rings. The smallest absolute Gasteiger partial charge is 0.190 e. The lowest BCUT2D eigenvalue weighted by Gasteiger charge is -2.64. The van der Waals surface area contributed by atoms with E-state index < -0.39 is 5.60 Å². The molecule has 0 spiro atoms. The van der Waals surface area contributed by atoms with Gasteiger partial charge in [0.1, 0.15) is 5.60 Å². The quantitative estimate of drug-likeness (QED) is 0.575. The van der Waals surface area contributed by atoms with E-state index in [9.17, 15) is 5.11 Å². The predicted molar refractivity (Wildman–Crippen MR) is 102 cm³/mol. The minimum Gasteiger partial charge on any atom is -0.586 e. The molecule has 2 bridgehead atoms. The van der Waals surface area contributed by atoms with Gasteiger partial charge in [-0.05, 0) is 37.2 Å². The Hall–Kier alpha value is -1.22. The van der Waals surface area contributed by atoms with E-state index in [0.717, 1.165) is 41.3 Å². The molecule has 0 aliphatic carbocycles. The van der Waals surface area contributed by atoms with Crippen molar-refractivity contribution in [3.8, 4) is 0 Å². The van der Waals surface area contributed by atoms with Crippen LogP contribution in [0.1, 0.15) is 12.8 Å². The zero-order chi connectivity index (χ0) is 16.8. The van der Waals surface area contributed by atoms with Gasteiger partial charge in [-0.25, -0.2) is 13.0 Å². The second-order valence-corrected chi connectivity index (χ2v) is 8.44. The average Bonchev–Trinajstić information content (AvgIpc) is 2.95. The molecule has 8 heteroatoms. The number of quaternary nitrogens is 1. The molecule has 1 atom stereocenters. The van der Waals surface area contributed by atoms with E-state index in [1.165, 1.54) is 0 Å². The number of fused-ring (bicyclic) bond motifs is 4. The summed E-state index contributed by atoms with van der Waals surface area (Å²) in [6.45, 7) is 2.93. The molecule has 0 amide bonds. The maximum atomic E-state index is 11.0. The number of nitrogens with zero attached hydrogens (tertiary/aromatic N) is 2. The molecule has 125 valence electrons. The molecule has 5 nitrogen and oxygen atoms in total. The van der Waals surface area contributed by atoms with Gasteiger partial charge in [0.05, 0.1) is 23.3 Å². The maximum Gasteiger partial charge on any atom is 0.190 e. The summed E-state index contributed by atoms with van der Waals surface area (Å²) in [6, 6.07) is 7.98. The third kappa shape index (κ3) is 3.03. The first kappa shape index (κ1) is 16.3. The molecule has 1 aromatic heterocycles. The van der Waals surface area contributed by atoms with Crippen molar-refractivity contribution in [2.24, 2.45) is 5.92 Å². The number of thiazole rings is 1. The van der Waals surface area contributed by atoms with Crippen LogP contribution >= 0.6 is 23.6 Å². The van der Waals surface area contributed by atoms with Gasteiger partial charge in [-0.3, -0.25) is 0 Å². The number of para-hydroxylation sites is 1. The third-order valence-electron chi connectivity index (χ3n) is 5.26. The molecule has 5 rings (SSSR count). The van der Waals surface area contributed by atoms with E-state index >= 15 is 0 Å². The lowest BCUT2D eigenvalue weighted by Crippen LogP contribution is -2.70. The second-order valence-electron chi connectivity index (χ2n) is 7.00. The molecule has 3 aliphatic heterocycles. The van der Waals surface area contributed by atoms with Crippen molar-refractivity contribution in [3.63, 3.8) is 0 Å². The molecule has 2 aromatic rings. The van der Waals surface area contributed by atoms with Gasteiger partial charge in [0.2, 0.25) is 0 Å². The number of thiocarbonyl (C=S) groups is 1. The van der Waals surface area contributed by atoms with Crippen molar-refractivity contribution in [3.05, 3.63) is 24.3 Å². The second kappa shape index (κ2) is 5.95. The Balaban J connectivity index is 1.38. The van der Waals surface area contributed by atoms with Gasteiger partial charge in [0.15, 0.2) is 10.2 Å². The number of anilines is 1. The molecule has 0 saturated carbocycles. The molecular formula is C16H20BN4OS2. The van der Waals surface area contributed by atoms with Gasteiger partial charge in [-0.1, -0.05) is 23.5 Å². The monoisotopic (exact) mass is 359 g/mol. The first-order valence-electron chi connectivity index (χ1n) is 8.23. The Kier molecular flexibility index (Phi) is 4.03. The number of piperidine rings is 3.